The maximum absolute atomic E-state index is 11.6. The molecule has 0 unspecified atom stereocenters. The number of nitrogens with zero attached hydrogens (tertiary/aromatic N) is 1. The fourth-order valence-electron chi connectivity index (χ4n) is 1.90. The van der Waals surface area contributed by atoms with Crippen molar-refractivity contribution >= 4 is 28.1 Å². The van der Waals surface area contributed by atoms with Crippen LogP contribution in [0.5, 0.6) is 0 Å². The predicted octanol–water partition coefficient (Wildman–Crippen LogP) is 3.37. The van der Waals surface area contributed by atoms with Gasteiger partial charge in [0.25, 0.3) is 5.91 Å². The summed E-state index contributed by atoms with van der Waals surface area (Å²) in [6.07, 6.45) is 7.96. The van der Waals surface area contributed by atoms with E-state index in [-0.39, 0.29) is 12.5 Å². The largest absolute Gasteiger partial charge is 0.488 e. The molecule has 0 atom stereocenters. The van der Waals surface area contributed by atoms with Crippen molar-refractivity contribution < 1.29 is 9.53 Å². The van der Waals surface area contributed by atoms with Gasteiger partial charge in [0.05, 0.1) is 12.0 Å². The van der Waals surface area contributed by atoms with Crippen molar-refractivity contribution in [3.63, 3.8) is 0 Å². The average Bonchev–Trinajstić information content (AvgIpc) is 2.46. The molecule has 2 rings (SSSR count). The van der Waals surface area contributed by atoms with Gasteiger partial charge in [-0.05, 0) is 43.0 Å². The monoisotopic (exact) mass is 336 g/mol. The first-order valence-electron chi connectivity index (χ1n) is 6.63. The van der Waals surface area contributed by atoms with Gasteiger partial charge < -0.3 is 4.74 Å². The highest BCUT2D eigenvalue weighted by Crippen LogP contribution is 2.17. The molecule has 1 aliphatic carbocycles. The molecule has 0 aromatic heterocycles. The second-order valence-electron chi connectivity index (χ2n) is 4.55. The Morgan fingerprint density at radius 2 is 2.35 bits per heavy atom. The molecule has 20 heavy (non-hydrogen) atoms. The SMILES string of the molecule is O=C(COC1=CCCCC1)N/N=C/c1cccc(Br)c1. The van der Waals surface area contributed by atoms with Crippen LogP contribution >= 0.6 is 15.9 Å². The Morgan fingerprint density at radius 3 is 3.10 bits per heavy atom. The molecule has 0 heterocycles. The zero-order chi connectivity index (χ0) is 14.2. The van der Waals surface area contributed by atoms with E-state index in [0.717, 1.165) is 35.1 Å². The van der Waals surface area contributed by atoms with Crippen molar-refractivity contribution in [2.24, 2.45) is 5.10 Å². The number of benzene rings is 1. The number of rotatable bonds is 5. The van der Waals surface area contributed by atoms with Gasteiger partial charge in [-0.3, -0.25) is 4.79 Å². The fourth-order valence-corrected chi connectivity index (χ4v) is 2.31. The number of halogens is 1. The minimum absolute atomic E-state index is 0.0155. The molecule has 1 N–H and O–H groups in total. The van der Waals surface area contributed by atoms with Gasteiger partial charge in [0.1, 0.15) is 0 Å². The molecule has 4 nitrogen and oxygen atoms in total. The molecule has 1 amide bonds. The number of carbonyl (C=O) groups is 1. The lowest BCUT2D eigenvalue weighted by Gasteiger charge is -2.13. The highest BCUT2D eigenvalue weighted by Gasteiger charge is 2.06. The first-order chi connectivity index (χ1) is 9.74. The van der Waals surface area contributed by atoms with Gasteiger partial charge in [-0.1, -0.05) is 28.1 Å². The van der Waals surface area contributed by atoms with Crippen molar-refractivity contribution in [2.75, 3.05) is 6.61 Å². The van der Waals surface area contributed by atoms with Crippen LogP contribution in [0.2, 0.25) is 0 Å². The summed E-state index contributed by atoms with van der Waals surface area (Å²) in [5.41, 5.74) is 3.37. The van der Waals surface area contributed by atoms with E-state index in [9.17, 15) is 4.79 Å². The first-order valence-corrected chi connectivity index (χ1v) is 7.42. The second-order valence-corrected chi connectivity index (χ2v) is 5.47. The van der Waals surface area contributed by atoms with Crippen LogP contribution < -0.4 is 5.43 Å². The number of allylic oxidation sites excluding steroid dienone is 2. The van der Waals surface area contributed by atoms with E-state index >= 15 is 0 Å². The molecular weight excluding hydrogens is 320 g/mol. The molecular formula is C15H17BrN2O2. The lowest BCUT2D eigenvalue weighted by Crippen LogP contribution is -2.23. The predicted molar refractivity (Wildman–Crippen MR) is 82.4 cm³/mol. The number of hydrogen-bond donors (Lipinski definition) is 1. The molecule has 1 aromatic carbocycles. The highest BCUT2D eigenvalue weighted by molar-refractivity contribution is 9.10. The lowest BCUT2D eigenvalue weighted by molar-refractivity contribution is -0.124. The van der Waals surface area contributed by atoms with Crippen LogP contribution in [-0.4, -0.2) is 18.7 Å². The molecule has 0 aliphatic heterocycles. The molecule has 0 radical (unpaired) electrons. The van der Waals surface area contributed by atoms with Crippen LogP contribution in [0.15, 0.2) is 45.7 Å². The summed E-state index contributed by atoms with van der Waals surface area (Å²) in [6, 6.07) is 7.66. The number of ether oxygens (including phenoxy) is 1. The van der Waals surface area contributed by atoms with Crippen molar-refractivity contribution in [1.29, 1.82) is 0 Å². The van der Waals surface area contributed by atoms with E-state index in [1.54, 1.807) is 6.21 Å². The van der Waals surface area contributed by atoms with Crippen molar-refractivity contribution in [2.45, 2.75) is 25.7 Å². The number of carbonyl (C=O) groups excluding carboxylic acids is 1. The van der Waals surface area contributed by atoms with Gasteiger partial charge >= 0.3 is 0 Å². The number of hydrogen-bond acceptors (Lipinski definition) is 3. The molecule has 1 aromatic rings. The van der Waals surface area contributed by atoms with Crippen LogP contribution in [0, 0.1) is 0 Å². The Labute approximate surface area is 127 Å². The molecule has 0 saturated heterocycles. The quantitative estimate of drug-likeness (QED) is 0.662. The van der Waals surface area contributed by atoms with Crippen LogP contribution in [0.25, 0.3) is 0 Å². The molecule has 0 fully saturated rings. The highest BCUT2D eigenvalue weighted by atomic mass is 79.9. The minimum Gasteiger partial charge on any atom is -0.488 e. The summed E-state index contributed by atoms with van der Waals surface area (Å²) < 4.78 is 6.41. The topological polar surface area (TPSA) is 50.7 Å². The third-order valence-corrected chi connectivity index (χ3v) is 3.38. The maximum Gasteiger partial charge on any atom is 0.277 e. The number of hydrazone groups is 1. The van der Waals surface area contributed by atoms with Crippen molar-refractivity contribution in [3.05, 3.63) is 46.1 Å². The summed E-state index contributed by atoms with van der Waals surface area (Å²) >= 11 is 3.38. The maximum atomic E-state index is 11.6. The van der Waals surface area contributed by atoms with E-state index in [1.165, 1.54) is 6.42 Å². The normalized spacial score (nSPS) is 14.9. The van der Waals surface area contributed by atoms with E-state index in [1.807, 2.05) is 24.3 Å². The zero-order valence-corrected chi connectivity index (χ0v) is 12.7. The van der Waals surface area contributed by atoms with Gasteiger partial charge in [-0.15, -0.1) is 0 Å². The van der Waals surface area contributed by atoms with E-state index < -0.39 is 0 Å². The van der Waals surface area contributed by atoms with Gasteiger partial charge in [-0.25, -0.2) is 5.43 Å². The van der Waals surface area contributed by atoms with Crippen LogP contribution in [0.4, 0.5) is 0 Å². The Morgan fingerprint density at radius 1 is 1.45 bits per heavy atom. The lowest BCUT2D eigenvalue weighted by atomic mass is 10.1. The van der Waals surface area contributed by atoms with Crippen LogP contribution in [0.3, 0.4) is 0 Å². The van der Waals surface area contributed by atoms with Crippen LogP contribution in [-0.2, 0) is 9.53 Å². The van der Waals surface area contributed by atoms with Gasteiger partial charge in [0, 0.05) is 10.9 Å². The average molecular weight is 337 g/mol. The Kier molecular flexibility index (Phi) is 5.80. The van der Waals surface area contributed by atoms with Crippen molar-refractivity contribution in [3.8, 4) is 0 Å². The third-order valence-electron chi connectivity index (χ3n) is 2.89. The Bertz CT molecular complexity index is 526. The Hall–Kier alpha value is -1.62. The Balaban J connectivity index is 1.73. The molecule has 1 aliphatic rings. The van der Waals surface area contributed by atoms with E-state index in [2.05, 4.69) is 32.5 Å². The summed E-state index contributed by atoms with van der Waals surface area (Å²) in [5, 5.41) is 3.90. The molecule has 0 saturated carbocycles. The fraction of sp³-hybridized carbons (Fsp3) is 0.333. The van der Waals surface area contributed by atoms with Gasteiger partial charge in [0.2, 0.25) is 0 Å². The number of nitrogens with one attached hydrogen (secondary N) is 1. The molecule has 5 heteroatoms. The smallest absolute Gasteiger partial charge is 0.277 e. The minimum atomic E-state index is -0.247. The summed E-state index contributed by atoms with van der Waals surface area (Å²) in [6.45, 7) is 0.0155. The summed E-state index contributed by atoms with van der Waals surface area (Å²) in [4.78, 5) is 11.6. The van der Waals surface area contributed by atoms with Crippen molar-refractivity contribution in [1.82, 2.24) is 5.43 Å². The van der Waals surface area contributed by atoms with E-state index in [0.29, 0.717) is 0 Å². The molecule has 106 valence electrons. The van der Waals surface area contributed by atoms with Gasteiger partial charge in [0.15, 0.2) is 6.61 Å². The first kappa shape index (κ1) is 14.8. The molecule has 0 spiro atoms. The zero-order valence-electron chi connectivity index (χ0n) is 11.1. The third kappa shape index (κ3) is 5.17. The standard InChI is InChI=1S/C15H17BrN2O2/c16-13-6-4-5-12(9-13)10-17-18-15(19)11-20-14-7-2-1-3-8-14/h4-7,9-10H,1-3,8,11H2,(H,18,19)/b17-10+. The second kappa shape index (κ2) is 7.85. The summed E-state index contributed by atoms with van der Waals surface area (Å²) in [5.74, 6) is 0.671. The molecule has 0 bridgehead atoms. The summed E-state index contributed by atoms with van der Waals surface area (Å²) in [7, 11) is 0. The number of amides is 1. The van der Waals surface area contributed by atoms with Gasteiger partial charge in [-0.2, -0.15) is 5.10 Å². The van der Waals surface area contributed by atoms with Crippen LogP contribution in [0.1, 0.15) is 31.2 Å². The van der Waals surface area contributed by atoms with E-state index in [4.69, 9.17) is 4.74 Å².